The minimum absolute atomic E-state index is 0.0225. The molecule has 1 N–H and O–H groups in total. The average Bonchev–Trinajstić information content (AvgIpc) is 3.52. The first-order chi connectivity index (χ1) is 14.7. The van der Waals surface area contributed by atoms with Crippen LogP contribution < -0.4 is 4.74 Å². The Balaban J connectivity index is 1.41. The second-order valence-corrected chi connectivity index (χ2v) is 7.94. The van der Waals surface area contributed by atoms with Crippen molar-refractivity contribution in [2.75, 3.05) is 19.6 Å². The van der Waals surface area contributed by atoms with Crippen LogP contribution in [0.2, 0.25) is 0 Å². The van der Waals surface area contributed by atoms with Gasteiger partial charge in [0.25, 0.3) is 5.91 Å². The van der Waals surface area contributed by atoms with Gasteiger partial charge in [-0.25, -0.2) is 0 Å². The van der Waals surface area contributed by atoms with Crippen LogP contribution in [0.15, 0.2) is 54.9 Å². The van der Waals surface area contributed by atoms with Crippen molar-refractivity contribution >= 4 is 22.7 Å². The molecule has 4 heterocycles. The minimum Gasteiger partial charge on any atom is -0.487 e. The smallest absolute Gasteiger partial charge is 0.271 e. The van der Waals surface area contributed by atoms with E-state index in [1.54, 1.807) is 17.3 Å². The number of hydrogen-bond donors (Lipinski definition) is 1. The summed E-state index contributed by atoms with van der Waals surface area (Å²) in [5.74, 6) is 0.505. The highest BCUT2D eigenvalue weighted by molar-refractivity contribution is 6.00. The van der Waals surface area contributed by atoms with Crippen molar-refractivity contribution in [3.05, 3.63) is 60.6 Å². The summed E-state index contributed by atoms with van der Waals surface area (Å²) in [7, 11) is 0. The third kappa shape index (κ3) is 3.51. The first kappa shape index (κ1) is 18.7. The number of H-pyrrole nitrogens is 1. The van der Waals surface area contributed by atoms with E-state index in [-0.39, 0.29) is 17.9 Å². The summed E-state index contributed by atoms with van der Waals surface area (Å²) in [5.41, 5.74) is 1.41. The molecule has 0 radical (unpaired) electrons. The third-order valence-corrected chi connectivity index (χ3v) is 5.92. The molecule has 2 aromatic heterocycles. The Morgan fingerprint density at radius 2 is 1.93 bits per heavy atom. The number of aromatic nitrogens is 2. The van der Waals surface area contributed by atoms with Gasteiger partial charge in [0.05, 0.1) is 12.7 Å². The number of pyridine rings is 1. The van der Waals surface area contributed by atoms with Gasteiger partial charge in [0, 0.05) is 36.6 Å². The first-order valence-corrected chi connectivity index (χ1v) is 10.4. The molecule has 7 nitrogen and oxygen atoms in total. The molecular formula is C23H24N4O3. The highest BCUT2D eigenvalue weighted by atomic mass is 16.5. The fourth-order valence-corrected chi connectivity index (χ4v) is 4.44. The summed E-state index contributed by atoms with van der Waals surface area (Å²) >= 11 is 0. The molecule has 2 atom stereocenters. The highest BCUT2D eigenvalue weighted by Gasteiger charge is 2.43. The van der Waals surface area contributed by atoms with Crippen molar-refractivity contribution in [3.8, 4) is 5.75 Å². The molecule has 7 heteroatoms. The van der Waals surface area contributed by atoms with Gasteiger partial charge < -0.3 is 19.5 Å². The number of nitrogens with one attached hydrogen (secondary N) is 1. The molecule has 30 heavy (non-hydrogen) atoms. The van der Waals surface area contributed by atoms with Crippen molar-refractivity contribution in [1.82, 2.24) is 19.8 Å². The molecule has 0 bridgehead atoms. The predicted octanol–water partition coefficient (Wildman–Crippen LogP) is 2.85. The van der Waals surface area contributed by atoms with E-state index in [4.69, 9.17) is 4.74 Å². The zero-order valence-electron chi connectivity index (χ0n) is 16.7. The summed E-state index contributed by atoms with van der Waals surface area (Å²) in [5, 5.41) is 0.977. The second kappa shape index (κ2) is 7.82. The van der Waals surface area contributed by atoms with Crippen molar-refractivity contribution in [1.29, 1.82) is 0 Å². The topological polar surface area (TPSA) is 78.5 Å². The van der Waals surface area contributed by atoms with Crippen molar-refractivity contribution in [2.45, 2.75) is 31.4 Å². The Morgan fingerprint density at radius 1 is 1.10 bits per heavy atom. The Hall–Kier alpha value is -3.35. The van der Waals surface area contributed by atoms with E-state index in [0.717, 1.165) is 36.8 Å². The number of aromatic amines is 1. The fraction of sp³-hybridized carbons (Fsp3) is 0.348. The summed E-state index contributed by atoms with van der Waals surface area (Å²) in [6, 6.07) is 12.8. The molecule has 0 saturated carbocycles. The third-order valence-electron chi connectivity index (χ3n) is 5.92. The first-order valence-electron chi connectivity index (χ1n) is 10.4. The van der Waals surface area contributed by atoms with Crippen LogP contribution in [0, 0.1) is 0 Å². The minimum atomic E-state index is -0.510. The van der Waals surface area contributed by atoms with Gasteiger partial charge in [-0.15, -0.1) is 0 Å². The largest absolute Gasteiger partial charge is 0.487 e. The van der Waals surface area contributed by atoms with Crippen LogP contribution in [0.4, 0.5) is 0 Å². The quantitative estimate of drug-likeness (QED) is 0.725. The van der Waals surface area contributed by atoms with Crippen molar-refractivity contribution in [2.24, 2.45) is 0 Å². The molecule has 1 aromatic carbocycles. The van der Waals surface area contributed by atoms with Gasteiger partial charge in [0.15, 0.2) is 0 Å². The lowest BCUT2D eigenvalue weighted by atomic mass is 10.1. The maximum absolute atomic E-state index is 13.4. The summed E-state index contributed by atoms with van der Waals surface area (Å²) in [6.07, 6.45) is 5.61. The number of nitrogens with zero attached hydrogens (tertiary/aromatic N) is 3. The number of hydrogen-bond acceptors (Lipinski definition) is 4. The van der Waals surface area contributed by atoms with Crippen LogP contribution in [0.3, 0.4) is 0 Å². The molecule has 0 aliphatic carbocycles. The molecule has 3 aromatic rings. The monoisotopic (exact) mass is 404 g/mol. The molecule has 2 amide bonds. The van der Waals surface area contributed by atoms with E-state index in [2.05, 4.69) is 9.97 Å². The van der Waals surface area contributed by atoms with Crippen molar-refractivity contribution in [3.63, 3.8) is 0 Å². The molecule has 5 rings (SSSR count). The number of ether oxygens (including phenoxy) is 1. The van der Waals surface area contributed by atoms with Crippen LogP contribution in [0.5, 0.6) is 5.75 Å². The second-order valence-electron chi connectivity index (χ2n) is 7.94. The zero-order chi connectivity index (χ0) is 20.5. The normalized spacial score (nSPS) is 21.3. The van der Waals surface area contributed by atoms with Gasteiger partial charge >= 0.3 is 0 Å². The number of rotatable bonds is 4. The lowest BCUT2D eigenvalue weighted by molar-refractivity contribution is -0.134. The molecular weight excluding hydrogens is 380 g/mol. The number of carbonyl (C=O) groups excluding carboxylic acids is 2. The number of para-hydroxylation sites is 1. The molecule has 154 valence electrons. The zero-order valence-corrected chi connectivity index (χ0v) is 16.7. The molecule has 2 saturated heterocycles. The van der Waals surface area contributed by atoms with E-state index in [9.17, 15) is 9.59 Å². The summed E-state index contributed by atoms with van der Waals surface area (Å²) in [4.78, 5) is 37.5. The van der Waals surface area contributed by atoms with Crippen LogP contribution >= 0.6 is 0 Å². The predicted molar refractivity (Wildman–Crippen MR) is 112 cm³/mol. The van der Waals surface area contributed by atoms with Gasteiger partial charge in [0.1, 0.15) is 23.6 Å². The van der Waals surface area contributed by atoms with Crippen LogP contribution in [-0.2, 0) is 4.79 Å². The maximum Gasteiger partial charge on any atom is 0.271 e. The Kier molecular flexibility index (Phi) is 4.86. The van der Waals surface area contributed by atoms with Gasteiger partial charge in [-0.3, -0.25) is 14.6 Å². The Bertz CT molecular complexity index is 1030. The number of carbonyl (C=O) groups is 2. The highest BCUT2D eigenvalue weighted by Crippen LogP contribution is 2.27. The van der Waals surface area contributed by atoms with Gasteiger partial charge in [-0.2, -0.15) is 0 Å². The Morgan fingerprint density at radius 3 is 2.70 bits per heavy atom. The van der Waals surface area contributed by atoms with E-state index in [0.29, 0.717) is 24.4 Å². The lowest BCUT2D eigenvalue weighted by Crippen LogP contribution is -2.47. The van der Waals surface area contributed by atoms with Gasteiger partial charge in [0.2, 0.25) is 5.91 Å². The van der Waals surface area contributed by atoms with Crippen LogP contribution in [0.25, 0.3) is 10.9 Å². The molecule has 0 spiro atoms. The van der Waals surface area contributed by atoms with Crippen LogP contribution in [0.1, 0.15) is 29.8 Å². The van der Waals surface area contributed by atoms with E-state index in [1.807, 2.05) is 47.4 Å². The lowest BCUT2D eigenvalue weighted by Gasteiger charge is -2.27. The summed E-state index contributed by atoms with van der Waals surface area (Å²) < 4.78 is 6.06. The van der Waals surface area contributed by atoms with E-state index in [1.165, 1.54) is 0 Å². The number of benzene rings is 1. The molecule has 2 unspecified atom stereocenters. The number of fused-ring (bicyclic) bond motifs is 1. The average molecular weight is 404 g/mol. The maximum atomic E-state index is 13.4. The summed E-state index contributed by atoms with van der Waals surface area (Å²) in [6.45, 7) is 1.89. The van der Waals surface area contributed by atoms with Gasteiger partial charge in [-0.05, 0) is 37.1 Å². The van der Waals surface area contributed by atoms with E-state index >= 15 is 0 Å². The Labute approximate surface area is 174 Å². The number of amides is 2. The van der Waals surface area contributed by atoms with Crippen LogP contribution in [-0.4, -0.2) is 63.4 Å². The molecule has 2 fully saturated rings. The SMILES string of the molecule is O=C(C1CC(Oc2cccnc2)CN1C(=O)c1cc2ccccc2[nH]1)N1CCCC1. The fourth-order valence-electron chi connectivity index (χ4n) is 4.44. The van der Waals surface area contributed by atoms with Gasteiger partial charge in [-0.1, -0.05) is 18.2 Å². The van der Waals surface area contributed by atoms with E-state index < -0.39 is 6.04 Å². The standard InChI is InChI=1S/C23H24N4O3/c28-22(20-12-16-6-1-2-8-19(16)25-20)27-15-18(30-17-7-5-9-24-14-17)13-21(27)23(29)26-10-3-4-11-26/h1-2,5-9,12,14,18,21,25H,3-4,10-11,13,15H2. The molecule has 2 aliphatic rings. The van der Waals surface area contributed by atoms with Crippen molar-refractivity contribution < 1.29 is 14.3 Å². The molecule has 2 aliphatic heterocycles. The number of likely N-dealkylation sites (tertiary alicyclic amines) is 2.